The number of piperazine rings is 1. The van der Waals surface area contributed by atoms with Crippen molar-refractivity contribution in [2.75, 3.05) is 31.6 Å². The Morgan fingerprint density at radius 2 is 1.95 bits per heavy atom. The van der Waals surface area contributed by atoms with Gasteiger partial charge in [0.25, 0.3) is 0 Å². The molecule has 0 spiro atoms. The summed E-state index contributed by atoms with van der Waals surface area (Å²) in [5, 5.41) is 7.55. The van der Waals surface area contributed by atoms with Crippen LogP contribution in [0, 0.1) is 4.77 Å². The molecular weight excluding hydrogens is 270 g/mol. The van der Waals surface area contributed by atoms with Crippen LogP contribution in [0.1, 0.15) is 45.1 Å². The van der Waals surface area contributed by atoms with Gasteiger partial charge in [0.05, 0.1) is 0 Å². The molecule has 1 atom stereocenters. The molecule has 1 N–H and O–H groups in total. The summed E-state index contributed by atoms with van der Waals surface area (Å²) in [4.78, 5) is 4.80. The van der Waals surface area contributed by atoms with E-state index in [4.69, 9.17) is 12.2 Å². The Balaban J connectivity index is 1.85. The van der Waals surface area contributed by atoms with Gasteiger partial charge in [0, 0.05) is 31.7 Å². The molecule has 1 aliphatic carbocycles. The summed E-state index contributed by atoms with van der Waals surface area (Å²) in [5.74, 6) is 1.06. The molecule has 2 aliphatic rings. The van der Waals surface area contributed by atoms with E-state index in [1.54, 1.807) is 0 Å². The van der Waals surface area contributed by atoms with Crippen molar-refractivity contribution < 1.29 is 0 Å². The average Bonchev–Trinajstić information content (AvgIpc) is 2.85. The number of hydrogen-bond acceptors (Lipinski definition) is 4. The lowest BCUT2D eigenvalue weighted by Crippen LogP contribution is -2.51. The van der Waals surface area contributed by atoms with Gasteiger partial charge in [-0.2, -0.15) is 0 Å². The van der Waals surface area contributed by atoms with Crippen LogP contribution in [0.3, 0.4) is 0 Å². The van der Waals surface area contributed by atoms with E-state index in [1.165, 1.54) is 32.1 Å². The zero-order valence-electron chi connectivity index (χ0n) is 12.5. The minimum Gasteiger partial charge on any atom is -0.338 e. The van der Waals surface area contributed by atoms with Crippen molar-refractivity contribution in [1.82, 2.24) is 19.7 Å². The molecule has 3 rings (SSSR count). The Morgan fingerprint density at radius 1 is 1.20 bits per heavy atom. The van der Waals surface area contributed by atoms with Gasteiger partial charge < -0.3 is 9.80 Å². The molecule has 1 aromatic heterocycles. The minimum absolute atomic E-state index is 0.542. The molecule has 1 aliphatic heterocycles. The van der Waals surface area contributed by atoms with Gasteiger partial charge in [0.1, 0.15) is 0 Å². The predicted molar refractivity (Wildman–Crippen MR) is 83.8 cm³/mol. The van der Waals surface area contributed by atoms with E-state index < -0.39 is 0 Å². The fourth-order valence-electron chi connectivity index (χ4n) is 3.42. The number of aromatic amines is 1. The third kappa shape index (κ3) is 2.63. The molecule has 1 saturated carbocycles. The number of anilines is 1. The molecule has 5 nitrogen and oxygen atoms in total. The Bertz CT molecular complexity index is 502. The first kappa shape index (κ1) is 14.1. The number of likely N-dealkylation sites (N-methyl/N-ethyl adjacent to an activating group) is 1. The molecule has 0 radical (unpaired) electrons. The van der Waals surface area contributed by atoms with Crippen LogP contribution in [0.25, 0.3) is 0 Å². The standard InChI is InChI=1S/C14H25N5S/c1-11-10-18(9-8-17(11)2)13-15-16-14(20)19(13)12-6-4-3-5-7-12/h11-12H,3-10H2,1-2H3,(H,16,20). The third-order valence-corrected chi connectivity index (χ3v) is 5.16. The molecule has 1 aromatic rings. The van der Waals surface area contributed by atoms with Gasteiger partial charge in [-0.15, -0.1) is 5.10 Å². The van der Waals surface area contributed by atoms with Gasteiger partial charge in [-0.05, 0) is 39.0 Å². The Kier molecular flexibility index (Phi) is 4.12. The van der Waals surface area contributed by atoms with Crippen molar-refractivity contribution in [2.45, 2.75) is 51.1 Å². The largest absolute Gasteiger partial charge is 0.338 e. The van der Waals surface area contributed by atoms with E-state index in [2.05, 4.69) is 38.5 Å². The smallest absolute Gasteiger partial charge is 0.226 e. The van der Waals surface area contributed by atoms with Crippen molar-refractivity contribution in [2.24, 2.45) is 0 Å². The normalized spacial score (nSPS) is 26.1. The van der Waals surface area contributed by atoms with E-state index in [-0.39, 0.29) is 0 Å². The molecule has 0 amide bonds. The van der Waals surface area contributed by atoms with Gasteiger partial charge in [-0.1, -0.05) is 19.3 Å². The number of nitrogens with one attached hydrogen (secondary N) is 1. The first-order valence-electron chi connectivity index (χ1n) is 7.79. The quantitative estimate of drug-likeness (QED) is 0.851. The maximum atomic E-state index is 5.48. The van der Waals surface area contributed by atoms with E-state index >= 15 is 0 Å². The molecule has 1 unspecified atom stereocenters. The first-order valence-corrected chi connectivity index (χ1v) is 8.19. The van der Waals surface area contributed by atoms with Crippen molar-refractivity contribution in [3.63, 3.8) is 0 Å². The second-order valence-electron chi connectivity index (χ2n) is 6.27. The number of H-pyrrole nitrogens is 1. The van der Waals surface area contributed by atoms with Gasteiger partial charge in [-0.25, -0.2) is 5.10 Å². The van der Waals surface area contributed by atoms with Gasteiger partial charge >= 0.3 is 0 Å². The summed E-state index contributed by atoms with van der Waals surface area (Å²) in [6.07, 6.45) is 6.48. The van der Waals surface area contributed by atoms with Gasteiger partial charge in [0.2, 0.25) is 5.95 Å². The molecule has 112 valence electrons. The SMILES string of the molecule is CC1CN(c2n[nH]c(=S)n2C2CCCCC2)CCN1C. The summed E-state index contributed by atoms with van der Waals surface area (Å²) >= 11 is 5.48. The molecule has 2 fully saturated rings. The van der Waals surface area contributed by atoms with E-state index in [9.17, 15) is 0 Å². The minimum atomic E-state index is 0.542. The lowest BCUT2D eigenvalue weighted by Gasteiger charge is -2.38. The van der Waals surface area contributed by atoms with Crippen LogP contribution < -0.4 is 4.90 Å². The Morgan fingerprint density at radius 3 is 2.65 bits per heavy atom. The monoisotopic (exact) mass is 295 g/mol. The second-order valence-corrected chi connectivity index (χ2v) is 6.65. The average molecular weight is 295 g/mol. The molecule has 0 aromatic carbocycles. The summed E-state index contributed by atoms with van der Waals surface area (Å²) in [6.45, 7) is 5.43. The molecular formula is C14H25N5S. The molecule has 20 heavy (non-hydrogen) atoms. The highest BCUT2D eigenvalue weighted by Crippen LogP contribution is 2.31. The maximum absolute atomic E-state index is 5.48. The van der Waals surface area contributed by atoms with Crippen LogP contribution in [0.2, 0.25) is 0 Å². The highest BCUT2D eigenvalue weighted by molar-refractivity contribution is 7.71. The van der Waals surface area contributed by atoms with Gasteiger partial charge in [-0.3, -0.25) is 4.57 Å². The predicted octanol–water partition coefficient (Wildman–Crippen LogP) is 2.59. The van der Waals surface area contributed by atoms with Crippen molar-refractivity contribution in [3.05, 3.63) is 4.77 Å². The van der Waals surface area contributed by atoms with Crippen molar-refractivity contribution in [3.8, 4) is 0 Å². The van der Waals surface area contributed by atoms with E-state index in [0.29, 0.717) is 12.1 Å². The van der Waals surface area contributed by atoms with Crippen LogP contribution in [-0.4, -0.2) is 52.4 Å². The number of rotatable bonds is 2. The Hall–Kier alpha value is -0.880. The van der Waals surface area contributed by atoms with Crippen molar-refractivity contribution >= 4 is 18.2 Å². The zero-order valence-corrected chi connectivity index (χ0v) is 13.3. The van der Waals surface area contributed by atoms with Crippen LogP contribution in [0.4, 0.5) is 5.95 Å². The second kappa shape index (κ2) is 5.85. The number of aromatic nitrogens is 3. The molecule has 6 heteroatoms. The first-order chi connectivity index (χ1) is 9.66. The highest BCUT2D eigenvalue weighted by atomic mass is 32.1. The summed E-state index contributed by atoms with van der Waals surface area (Å²) in [5.41, 5.74) is 0. The maximum Gasteiger partial charge on any atom is 0.226 e. The molecule has 2 heterocycles. The van der Waals surface area contributed by atoms with Crippen LogP contribution in [0.5, 0.6) is 0 Å². The number of nitrogens with zero attached hydrogens (tertiary/aromatic N) is 4. The lowest BCUT2D eigenvalue weighted by atomic mass is 9.95. The fraction of sp³-hybridized carbons (Fsp3) is 0.857. The van der Waals surface area contributed by atoms with Crippen LogP contribution >= 0.6 is 12.2 Å². The summed E-state index contributed by atoms with van der Waals surface area (Å²) < 4.78 is 3.07. The third-order valence-electron chi connectivity index (χ3n) is 4.87. The Labute approximate surface area is 126 Å². The van der Waals surface area contributed by atoms with E-state index in [0.717, 1.165) is 30.4 Å². The van der Waals surface area contributed by atoms with Gasteiger partial charge in [0.15, 0.2) is 4.77 Å². The zero-order chi connectivity index (χ0) is 14.1. The van der Waals surface area contributed by atoms with Crippen LogP contribution in [-0.2, 0) is 0 Å². The summed E-state index contributed by atoms with van der Waals surface area (Å²) in [7, 11) is 2.19. The molecule has 1 saturated heterocycles. The highest BCUT2D eigenvalue weighted by Gasteiger charge is 2.27. The molecule has 0 bridgehead atoms. The number of hydrogen-bond donors (Lipinski definition) is 1. The van der Waals surface area contributed by atoms with Crippen molar-refractivity contribution in [1.29, 1.82) is 0 Å². The lowest BCUT2D eigenvalue weighted by molar-refractivity contribution is 0.230. The van der Waals surface area contributed by atoms with Crippen LogP contribution in [0.15, 0.2) is 0 Å². The fourth-order valence-corrected chi connectivity index (χ4v) is 3.69. The van der Waals surface area contributed by atoms with E-state index in [1.807, 2.05) is 0 Å². The summed E-state index contributed by atoms with van der Waals surface area (Å²) in [6, 6.07) is 1.11. The topological polar surface area (TPSA) is 40.1 Å².